The average Bonchev–Trinajstić information content (AvgIpc) is 2.07. The van der Waals surface area contributed by atoms with Crippen LogP contribution in [0.4, 0.5) is 0 Å². The normalized spacial score (nSPS) is 9.50. The Hall–Kier alpha value is -1.02. The summed E-state index contributed by atoms with van der Waals surface area (Å²) in [4.78, 5) is 10.0. The number of hydrogen-bond acceptors (Lipinski definition) is 2. The van der Waals surface area contributed by atoms with Crippen molar-refractivity contribution in [3.8, 4) is 5.75 Å². The van der Waals surface area contributed by atoms with Gasteiger partial charge in [-0.3, -0.25) is 4.79 Å². The van der Waals surface area contributed by atoms with Gasteiger partial charge in [0.15, 0.2) is 6.29 Å². The Kier molecular flexibility index (Phi) is 3.11. The summed E-state index contributed by atoms with van der Waals surface area (Å²) in [7, 11) is 0. The van der Waals surface area contributed by atoms with E-state index >= 15 is 0 Å². The van der Waals surface area contributed by atoms with Gasteiger partial charge in [0, 0.05) is 0 Å². The van der Waals surface area contributed by atoms with Gasteiger partial charge in [-0.2, -0.15) is 0 Å². The Morgan fingerprint density at radius 2 is 2.33 bits per heavy atom. The third-order valence-corrected chi connectivity index (χ3v) is 1.71. The van der Waals surface area contributed by atoms with E-state index in [1.807, 2.05) is 13.0 Å². The molecule has 1 rings (SSSR count). The van der Waals surface area contributed by atoms with Crippen LogP contribution in [0.2, 0.25) is 5.02 Å². The molecule has 0 radical (unpaired) electrons. The van der Waals surface area contributed by atoms with E-state index in [0.717, 1.165) is 5.56 Å². The standard InChI is InChI=1S/C9H9ClO2/c1-7-2-3-8(10)9(6-7)12-5-4-11/h2-4,6H,5H2,1H3. The summed E-state index contributed by atoms with van der Waals surface area (Å²) >= 11 is 5.79. The molecule has 0 unspecified atom stereocenters. The Bertz CT molecular complexity index is 284. The first-order valence-corrected chi connectivity index (χ1v) is 3.94. The second-order valence-corrected chi connectivity index (χ2v) is 2.82. The molecule has 1 aromatic rings. The molecular weight excluding hydrogens is 176 g/mol. The zero-order chi connectivity index (χ0) is 8.97. The van der Waals surface area contributed by atoms with Crippen LogP contribution >= 0.6 is 11.6 Å². The fourth-order valence-corrected chi connectivity index (χ4v) is 1.02. The van der Waals surface area contributed by atoms with Crippen LogP contribution in [-0.2, 0) is 4.79 Å². The summed E-state index contributed by atoms with van der Waals surface area (Å²) in [5, 5.41) is 0.530. The SMILES string of the molecule is Cc1ccc(Cl)c(OCC=O)c1. The highest BCUT2D eigenvalue weighted by Crippen LogP contribution is 2.24. The van der Waals surface area contributed by atoms with Crippen LogP contribution in [-0.4, -0.2) is 12.9 Å². The lowest BCUT2D eigenvalue weighted by molar-refractivity contribution is -0.109. The maximum absolute atomic E-state index is 10.0. The van der Waals surface area contributed by atoms with Gasteiger partial charge in [-0.25, -0.2) is 0 Å². The molecule has 0 amide bonds. The van der Waals surface area contributed by atoms with E-state index in [0.29, 0.717) is 17.1 Å². The largest absolute Gasteiger partial charge is 0.485 e. The van der Waals surface area contributed by atoms with Crippen LogP contribution in [0.1, 0.15) is 5.56 Å². The van der Waals surface area contributed by atoms with Gasteiger partial charge >= 0.3 is 0 Å². The Labute approximate surface area is 76.1 Å². The van der Waals surface area contributed by atoms with Gasteiger partial charge in [-0.15, -0.1) is 0 Å². The topological polar surface area (TPSA) is 26.3 Å². The highest BCUT2D eigenvalue weighted by atomic mass is 35.5. The highest BCUT2D eigenvalue weighted by molar-refractivity contribution is 6.32. The van der Waals surface area contributed by atoms with E-state index in [1.165, 1.54) is 0 Å². The number of aryl methyl sites for hydroxylation is 1. The second kappa shape index (κ2) is 4.12. The molecule has 0 heterocycles. The van der Waals surface area contributed by atoms with Gasteiger partial charge in [-0.1, -0.05) is 17.7 Å². The second-order valence-electron chi connectivity index (χ2n) is 2.41. The smallest absolute Gasteiger partial charge is 0.157 e. The Morgan fingerprint density at radius 3 is 3.00 bits per heavy atom. The van der Waals surface area contributed by atoms with Crippen molar-refractivity contribution < 1.29 is 9.53 Å². The maximum Gasteiger partial charge on any atom is 0.157 e. The van der Waals surface area contributed by atoms with Crippen molar-refractivity contribution in [2.45, 2.75) is 6.92 Å². The summed E-state index contributed by atoms with van der Waals surface area (Å²) in [5.74, 6) is 0.559. The van der Waals surface area contributed by atoms with Gasteiger partial charge in [-0.05, 0) is 24.6 Å². The zero-order valence-corrected chi connectivity index (χ0v) is 7.47. The van der Waals surface area contributed by atoms with E-state index in [1.54, 1.807) is 12.1 Å². The molecule has 3 heteroatoms. The van der Waals surface area contributed by atoms with Gasteiger partial charge in [0.25, 0.3) is 0 Å². The minimum Gasteiger partial charge on any atom is -0.485 e. The number of carbonyl (C=O) groups excluding carboxylic acids is 1. The van der Waals surface area contributed by atoms with Crippen LogP contribution in [0, 0.1) is 6.92 Å². The van der Waals surface area contributed by atoms with Crippen LogP contribution in [0.5, 0.6) is 5.75 Å². The third kappa shape index (κ3) is 2.24. The molecule has 64 valence electrons. The lowest BCUT2D eigenvalue weighted by atomic mass is 10.2. The molecule has 0 atom stereocenters. The minimum absolute atomic E-state index is 0.0448. The van der Waals surface area contributed by atoms with E-state index in [4.69, 9.17) is 16.3 Å². The van der Waals surface area contributed by atoms with Crippen molar-refractivity contribution in [3.05, 3.63) is 28.8 Å². The van der Waals surface area contributed by atoms with Crippen LogP contribution < -0.4 is 4.74 Å². The predicted molar refractivity (Wildman–Crippen MR) is 47.7 cm³/mol. The van der Waals surface area contributed by atoms with Gasteiger partial charge < -0.3 is 4.74 Å². The monoisotopic (exact) mass is 184 g/mol. The highest BCUT2D eigenvalue weighted by Gasteiger charge is 1.99. The average molecular weight is 185 g/mol. The number of halogens is 1. The molecule has 0 saturated carbocycles. The quantitative estimate of drug-likeness (QED) is 0.674. The fourth-order valence-electron chi connectivity index (χ4n) is 0.845. The van der Waals surface area contributed by atoms with E-state index in [2.05, 4.69) is 0 Å². The molecule has 0 aliphatic heterocycles. The Balaban J connectivity index is 2.82. The molecular formula is C9H9ClO2. The number of hydrogen-bond donors (Lipinski definition) is 0. The van der Waals surface area contributed by atoms with Crippen LogP contribution in [0.15, 0.2) is 18.2 Å². The molecule has 0 fully saturated rings. The summed E-state index contributed by atoms with van der Waals surface area (Å²) in [6, 6.07) is 5.43. The van der Waals surface area contributed by atoms with Crippen molar-refractivity contribution in [2.24, 2.45) is 0 Å². The number of aldehydes is 1. The first-order valence-electron chi connectivity index (χ1n) is 3.56. The van der Waals surface area contributed by atoms with Crippen LogP contribution in [0.3, 0.4) is 0 Å². The number of ether oxygens (including phenoxy) is 1. The summed E-state index contributed by atoms with van der Waals surface area (Å²) in [6.07, 6.45) is 0.693. The van der Waals surface area contributed by atoms with Gasteiger partial charge in [0.1, 0.15) is 12.4 Å². The van der Waals surface area contributed by atoms with Gasteiger partial charge in [0.05, 0.1) is 5.02 Å². The zero-order valence-electron chi connectivity index (χ0n) is 6.71. The molecule has 0 N–H and O–H groups in total. The molecule has 2 nitrogen and oxygen atoms in total. The summed E-state index contributed by atoms with van der Waals surface area (Å²) < 4.78 is 5.07. The molecule has 12 heavy (non-hydrogen) atoms. The number of rotatable bonds is 3. The summed E-state index contributed by atoms with van der Waals surface area (Å²) in [6.45, 7) is 1.98. The number of carbonyl (C=O) groups is 1. The molecule has 0 bridgehead atoms. The maximum atomic E-state index is 10.0. The van der Waals surface area contributed by atoms with Crippen molar-refractivity contribution in [1.82, 2.24) is 0 Å². The summed E-state index contributed by atoms with van der Waals surface area (Å²) in [5.41, 5.74) is 1.06. The van der Waals surface area contributed by atoms with Crippen molar-refractivity contribution in [3.63, 3.8) is 0 Å². The molecule has 1 aromatic carbocycles. The molecule has 0 saturated heterocycles. The number of benzene rings is 1. The van der Waals surface area contributed by atoms with Crippen molar-refractivity contribution in [2.75, 3.05) is 6.61 Å². The first kappa shape index (κ1) is 9.07. The Morgan fingerprint density at radius 1 is 1.58 bits per heavy atom. The van der Waals surface area contributed by atoms with Crippen molar-refractivity contribution in [1.29, 1.82) is 0 Å². The van der Waals surface area contributed by atoms with Crippen molar-refractivity contribution >= 4 is 17.9 Å². The fraction of sp³-hybridized carbons (Fsp3) is 0.222. The minimum atomic E-state index is 0.0448. The molecule has 0 spiro atoms. The molecule has 0 aliphatic rings. The first-order chi connectivity index (χ1) is 5.74. The predicted octanol–water partition coefficient (Wildman–Crippen LogP) is 2.23. The van der Waals surface area contributed by atoms with E-state index < -0.39 is 0 Å². The third-order valence-electron chi connectivity index (χ3n) is 1.39. The lowest BCUT2D eigenvalue weighted by Gasteiger charge is -2.04. The van der Waals surface area contributed by atoms with Gasteiger partial charge in [0.2, 0.25) is 0 Å². The van der Waals surface area contributed by atoms with E-state index in [-0.39, 0.29) is 6.61 Å². The molecule has 0 aromatic heterocycles. The van der Waals surface area contributed by atoms with E-state index in [9.17, 15) is 4.79 Å². The lowest BCUT2D eigenvalue weighted by Crippen LogP contribution is -1.98. The molecule has 0 aliphatic carbocycles. The van der Waals surface area contributed by atoms with Crippen LogP contribution in [0.25, 0.3) is 0 Å².